The van der Waals surface area contributed by atoms with Crippen molar-refractivity contribution in [3.63, 3.8) is 0 Å². The molecule has 0 aliphatic heterocycles. The molecule has 0 heterocycles. The predicted octanol–water partition coefficient (Wildman–Crippen LogP) is 3.55. The van der Waals surface area contributed by atoms with Crippen LogP contribution in [0, 0.1) is 0 Å². The van der Waals surface area contributed by atoms with Crippen LogP contribution in [0.25, 0.3) is 0 Å². The molecule has 0 rings (SSSR count). The molecule has 0 aromatic heterocycles. The lowest BCUT2D eigenvalue weighted by Crippen LogP contribution is -3.00. The van der Waals surface area contributed by atoms with Gasteiger partial charge in [-0.1, -0.05) is 87.1 Å². The summed E-state index contributed by atoms with van der Waals surface area (Å²) in [6.45, 7) is 4.95. The zero-order valence-electron chi connectivity index (χ0n) is 15.5. The maximum absolute atomic E-state index is 3.53. The van der Waals surface area contributed by atoms with Crippen molar-refractivity contribution < 1.29 is 21.5 Å². The van der Waals surface area contributed by atoms with E-state index in [1.165, 1.54) is 101 Å². The summed E-state index contributed by atoms with van der Waals surface area (Å²) in [5, 5.41) is 1.15. The van der Waals surface area contributed by atoms with Gasteiger partial charge < -0.3 is 21.5 Å². The molecule has 1 nitrogen and oxygen atoms in total. The molecule has 0 amide bonds. The fourth-order valence-electron chi connectivity index (χ4n) is 2.98. The zero-order chi connectivity index (χ0) is 15.8. The van der Waals surface area contributed by atoms with Crippen LogP contribution in [0.5, 0.6) is 0 Å². The molecule has 22 heavy (non-hydrogen) atoms. The van der Waals surface area contributed by atoms with Crippen LogP contribution in [-0.2, 0) is 0 Å². The second kappa shape index (κ2) is 18.3. The van der Waals surface area contributed by atoms with E-state index in [0.29, 0.717) is 0 Å². The summed E-state index contributed by atoms with van der Waals surface area (Å²) in [6, 6.07) is 0. The number of hydrogen-bond donors (Lipinski definition) is 0. The molecule has 0 atom stereocenters. The Labute approximate surface area is 160 Å². The first-order chi connectivity index (χ1) is 10.1. The molecule has 0 aliphatic carbocycles. The summed E-state index contributed by atoms with van der Waals surface area (Å²) in [7, 11) is 4.75. The Hall–Kier alpha value is 0.920. The summed E-state index contributed by atoms with van der Waals surface area (Å²) in [5.74, 6) is 0. The average Bonchev–Trinajstić information content (AvgIpc) is 2.46. The van der Waals surface area contributed by atoms with Gasteiger partial charge >= 0.3 is 0 Å². The van der Waals surface area contributed by atoms with Crippen molar-refractivity contribution in [1.82, 2.24) is 0 Å². The van der Waals surface area contributed by atoms with Gasteiger partial charge in [-0.05, 0) is 12.8 Å². The summed E-state index contributed by atoms with van der Waals surface area (Å²) in [4.78, 5) is 0. The predicted molar refractivity (Wildman–Crippen MR) is 101 cm³/mol. The van der Waals surface area contributed by atoms with E-state index in [9.17, 15) is 0 Å². The van der Waals surface area contributed by atoms with Crippen molar-refractivity contribution in [2.75, 3.05) is 32.5 Å². The Kier molecular flexibility index (Phi) is 20.9. The lowest BCUT2D eigenvalue weighted by Gasteiger charge is -2.29. The van der Waals surface area contributed by atoms with Crippen LogP contribution < -0.4 is 17.0 Å². The molecular weight excluding hydrogens is 402 g/mol. The Morgan fingerprint density at radius 2 is 0.955 bits per heavy atom. The second-order valence-electron chi connectivity index (χ2n) is 7.31. The minimum absolute atomic E-state index is 0. The number of alkyl halides is 1. The fraction of sp³-hybridized carbons (Fsp3) is 1.00. The fourth-order valence-corrected chi connectivity index (χ4v) is 3.23. The smallest absolute Gasteiger partial charge is 0.0790 e. The van der Waals surface area contributed by atoms with Gasteiger partial charge in [0.25, 0.3) is 0 Å². The lowest BCUT2D eigenvalue weighted by atomic mass is 10.1. The normalized spacial score (nSPS) is 11.5. The summed E-state index contributed by atoms with van der Waals surface area (Å²) in [5.41, 5.74) is 0. The molecule has 0 spiro atoms. The highest BCUT2D eigenvalue weighted by Crippen LogP contribution is 2.13. The molecule has 0 saturated carbocycles. The maximum atomic E-state index is 3.53. The summed E-state index contributed by atoms with van der Waals surface area (Å²) < 4.78 is 1.20. The zero-order valence-corrected chi connectivity index (χ0v) is 18.7. The van der Waals surface area contributed by atoms with E-state index in [1.54, 1.807) is 0 Å². The molecule has 0 fully saturated rings. The van der Waals surface area contributed by atoms with Gasteiger partial charge in [0.15, 0.2) is 0 Å². The van der Waals surface area contributed by atoms with Crippen molar-refractivity contribution in [2.24, 2.45) is 0 Å². The van der Waals surface area contributed by atoms with E-state index < -0.39 is 0 Å². The van der Waals surface area contributed by atoms with Crippen molar-refractivity contribution in [3.8, 4) is 0 Å². The monoisotopic (exact) mass is 441 g/mol. The van der Waals surface area contributed by atoms with Crippen LogP contribution in [0.2, 0.25) is 0 Å². The molecule has 0 N–H and O–H groups in total. The molecule has 0 aromatic carbocycles. The van der Waals surface area contributed by atoms with Gasteiger partial charge in [-0.2, -0.15) is 0 Å². The third-order valence-electron chi connectivity index (χ3n) is 4.51. The number of rotatable bonds is 16. The number of unbranched alkanes of at least 4 members (excludes halogenated alkanes) is 11. The average molecular weight is 443 g/mol. The quantitative estimate of drug-likeness (QED) is 0.195. The Morgan fingerprint density at radius 3 is 1.36 bits per heavy atom. The van der Waals surface area contributed by atoms with Crippen LogP contribution in [0.1, 0.15) is 90.4 Å². The van der Waals surface area contributed by atoms with E-state index in [-0.39, 0.29) is 17.0 Å². The highest BCUT2D eigenvalue weighted by atomic mass is 79.9. The Bertz CT molecular complexity index is 208. The summed E-state index contributed by atoms with van der Waals surface area (Å²) >= 11 is 3.53. The molecule has 0 radical (unpaired) electrons. The van der Waals surface area contributed by atoms with E-state index in [4.69, 9.17) is 0 Å². The standard InChI is InChI=1S/C19H41BrN.BrH/c1-4-5-6-7-8-9-10-11-12-13-14-15-18-21(2,3)19-16-17-20;/h4-19H2,1-3H3;1H/q+1;/p-1. The highest BCUT2D eigenvalue weighted by Gasteiger charge is 2.12. The summed E-state index contributed by atoms with van der Waals surface area (Å²) in [6.07, 6.45) is 18.7. The first-order valence-electron chi connectivity index (χ1n) is 9.50. The van der Waals surface area contributed by atoms with Crippen molar-refractivity contribution in [1.29, 1.82) is 0 Å². The van der Waals surface area contributed by atoms with Crippen molar-refractivity contribution in [2.45, 2.75) is 90.4 Å². The third-order valence-corrected chi connectivity index (χ3v) is 5.07. The molecule has 0 aromatic rings. The second-order valence-corrected chi connectivity index (χ2v) is 8.11. The topological polar surface area (TPSA) is 0 Å². The molecule has 0 aliphatic rings. The van der Waals surface area contributed by atoms with Gasteiger partial charge in [-0.15, -0.1) is 0 Å². The molecule has 136 valence electrons. The molecule has 0 bridgehead atoms. The van der Waals surface area contributed by atoms with Crippen molar-refractivity contribution >= 4 is 15.9 Å². The van der Waals surface area contributed by atoms with E-state index in [1.807, 2.05) is 0 Å². The van der Waals surface area contributed by atoms with Crippen molar-refractivity contribution in [3.05, 3.63) is 0 Å². The van der Waals surface area contributed by atoms with Crippen LogP contribution in [0.4, 0.5) is 0 Å². The SMILES string of the molecule is CCCCCCCCCCCCCC[N+](C)(C)CCCBr.[Br-]. The Balaban J connectivity index is 0. The van der Waals surface area contributed by atoms with E-state index in [2.05, 4.69) is 36.9 Å². The minimum atomic E-state index is 0. The van der Waals surface area contributed by atoms with E-state index in [0.717, 1.165) is 5.33 Å². The molecule has 3 heteroatoms. The maximum Gasteiger partial charge on any atom is 0.0790 e. The van der Waals surface area contributed by atoms with Crippen LogP contribution in [0.15, 0.2) is 0 Å². The first-order valence-corrected chi connectivity index (χ1v) is 10.6. The largest absolute Gasteiger partial charge is 1.00 e. The molecule has 0 saturated heterocycles. The van der Waals surface area contributed by atoms with Crippen LogP contribution >= 0.6 is 15.9 Å². The van der Waals surface area contributed by atoms with E-state index >= 15 is 0 Å². The number of nitrogens with zero attached hydrogens (tertiary/aromatic N) is 1. The molecular formula is C19H41Br2N. The van der Waals surface area contributed by atoms with Crippen LogP contribution in [0.3, 0.4) is 0 Å². The highest BCUT2D eigenvalue weighted by molar-refractivity contribution is 9.09. The van der Waals surface area contributed by atoms with Gasteiger partial charge in [0, 0.05) is 11.8 Å². The first kappa shape index (κ1) is 25.2. The Morgan fingerprint density at radius 1 is 0.591 bits per heavy atom. The minimum Gasteiger partial charge on any atom is -1.00 e. The number of quaternary nitrogens is 1. The number of halogens is 2. The van der Waals surface area contributed by atoms with Gasteiger partial charge in [0.2, 0.25) is 0 Å². The third kappa shape index (κ3) is 19.0. The van der Waals surface area contributed by atoms with Gasteiger partial charge in [0.05, 0.1) is 27.2 Å². The van der Waals surface area contributed by atoms with Crippen LogP contribution in [-0.4, -0.2) is 37.0 Å². The van der Waals surface area contributed by atoms with Gasteiger partial charge in [-0.3, -0.25) is 0 Å². The van der Waals surface area contributed by atoms with Gasteiger partial charge in [-0.25, -0.2) is 0 Å². The lowest BCUT2D eigenvalue weighted by molar-refractivity contribution is -0.890. The number of hydrogen-bond acceptors (Lipinski definition) is 0. The van der Waals surface area contributed by atoms with Gasteiger partial charge in [0.1, 0.15) is 0 Å². The molecule has 0 unspecified atom stereocenters.